The van der Waals surface area contributed by atoms with Crippen LogP contribution in [0.3, 0.4) is 0 Å². The molecule has 0 bridgehead atoms. The van der Waals surface area contributed by atoms with E-state index in [0.717, 1.165) is 0 Å². The molecule has 1 aliphatic heterocycles. The van der Waals surface area contributed by atoms with Crippen LogP contribution in [-0.2, 0) is 37.5 Å². The van der Waals surface area contributed by atoms with Gasteiger partial charge in [0.1, 0.15) is 5.78 Å². The summed E-state index contributed by atoms with van der Waals surface area (Å²) < 4.78 is 21.7. The van der Waals surface area contributed by atoms with Gasteiger partial charge in [-0.3, -0.25) is 9.59 Å². The molecular weight excluding hydrogens is 498 g/mol. The Labute approximate surface area is 223 Å². The van der Waals surface area contributed by atoms with Gasteiger partial charge in [0, 0.05) is 54.4 Å². The number of carbonyl (C=O) groups excluding carboxylic acids is 2. The summed E-state index contributed by atoms with van der Waals surface area (Å²) in [6.45, 7) is 5.62. The molecule has 7 nitrogen and oxygen atoms in total. The Balaban J connectivity index is 0.00000272. The molecule has 172 valence electrons. The van der Waals surface area contributed by atoms with Crippen LogP contribution in [0.2, 0.25) is 0 Å². The van der Waals surface area contributed by atoms with E-state index in [1.807, 2.05) is 0 Å². The van der Waals surface area contributed by atoms with Gasteiger partial charge >= 0.3 is 0 Å². The molecule has 0 amide bonds. The van der Waals surface area contributed by atoms with Crippen molar-refractivity contribution in [3.05, 3.63) is 58.9 Å². The average Bonchev–Trinajstić information content (AvgIpc) is 3.21. The van der Waals surface area contributed by atoms with Gasteiger partial charge in [0.15, 0.2) is 29.3 Å². The number of hydrogen-bond acceptors (Lipinski definition) is 6. The van der Waals surface area contributed by atoms with Crippen LogP contribution < -0.4 is 18.9 Å². The summed E-state index contributed by atoms with van der Waals surface area (Å²) in [5.41, 5.74) is 2.24. The molecule has 4 radical (unpaired) electrons. The van der Waals surface area contributed by atoms with Crippen molar-refractivity contribution in [1.82, 2.24) is 0 Å². The summed E-state index contributed by atoms with van der Waals surface area (Å²) in [4.78, 5) is 24.4. The largest absolute Gasteiger partial charge is 0.809 e. The first-order valence-electron chi connectivity index (χ1n) is 9.45. The number of aldehydes is 1. The Bertz CT molecular complexity index is 1080. The van der Waals surface area contributed by atoms with E-state index in [-0.39, 0.29) is 68.3 Å². The standard InChI is InChI=1S/C23H21NO6.CH4.B.Y.H2/c1-11-20(12(2)26)21(13-5-14(9-25)23(28-4)19(6-13)27-3)15-7-17-18(30-10-29-17)8-16(15)22(11)24;;;;/h5-9,11,20-21H,1,10H2,2-4H3;1H4;;;1H/q-2;;;;/t11-,20+,21+;;;;/m0..../s1/i;;;;1+1. The SMILES string of the molecule is C.[2HH].[B].[CH2-][C@@H]1C(=[N-])c2cc3c(cc2[C@@H](c2cc(C=O)c(OC)c(OC)c2)[C@H]1C(C)=O)OCO3.[Y]. The number of methoxy groups -OCH3 is 2. The van der Waals surface area contributed by atoms with Gasteiger partial charge in [0.05, 0.1) is 19.8 Å². The summed E-state index contributed by atoms with van der Waals surface area (Å²) in [6.07, 6.45) is 0.683. The number of fused-ring (bicyclic) bond motifs is 2. The minimum absolute atomic E-state index is 0. The summed E-state index contributed by atoms with van der Waals surface area (Å²) >= 11 is 0. The van der Waals surface area contributed by atoms with Crippen molar-refractivity contribution in [1.29, 1.82) is 0 Å². The molecule has 1 aliphatic carbocycles. The number of hydrogen-bond donors (Lipinski definition) is 0. The molecule has 9 heteroatoms. The molecule has 4 rings (SSSR count). The predicted octanol–water partition coefficient (Wildman–Crippen LogP) is 3.90. The normalized spacial score (nSPS) is 19.8. The van der Waals surface area contributed by atoms with E-state index < -0.39 is 17.8 Å². The van der Waals surface area contributed by atoms with Crippen LogP contribution >= 0.6 is 0 Å². The van der Waals surface area contributed by atoms with Crippen LogP contribution in [0.25, 0.3) is 5.41 Å². The zero-order valence-electron chi connectivity index (χ0n) is 18.1. The third kappa shape index (κ3) is 4.73. The van der Waals surface area contributed by atoms with E-state index in [4.69, 9.17) is 18.9 Å². The molecule has 0 unspecified atom stereocenters. The second-order valence-electron chi connectivity index (χ2n) is 7.36. The van der Waals surface area contributed by atoms with E-state index in [1.54, 1.807) is 24.3 Å². The average molecular weight is 526 g/mol. The quantitative estimate of drug-likeness (QED) is 0.334. The van der Waals surface area contributed by atoms with Crippen molar-refractivity contribution in [2.24, 2.45) is 11.8 Å². The molecular formula is C24H27BNO6Y-2. The molecule has 2 aromatic carbocycles. The van der Waals surface area contributed by atoms with Gasteiger partial charge in [-0.15, -0.1) is 0 Å². The van der Waals surface area contributed by atoms with Gasteiger partial charge in [-0.1, -0.05) is 7.43 Å². The summed E-state index contributed by atoms with van der Waals surface area (Å²) in [6, 6.07) is 6.90. The molecule has 0 spiro atoms. The Morgan fingerprint density at radius 1 is 1.18 bits per heavy atom. The van der Waals surface area contributed by atoms with Gasteiger partial charge in [-0.05, 0) is 47.9 Å². The molecule has 33 heavy (non-hydrogen) atoms. The summed E-state index contributed by atoms with van der Waals surface area (Å²) in [5, 5.41) is 10.8. The molecule has 1 heterocycles. The van der Waals surface area contributed by atoms with Crippen molar-refractivity contribution < 1.29 is 62.7 Å². The summed E-state index contributed by atoms with van der Waals surface area (Å²) in [5.74, 6) is -0.176. The summed E-state index contributed by atoms with van der Waals surface area (Å²) in [7, 11) is 2.94. The second-order valence-corrected chi connectivity index (χ2v) is 7.36. The molecule has 3 atom stereocenters. The number of rotatable bonds is 5. The number of ether oxygens (including phenoxy) is 4. The van der Waals surface area contributed by atoms with Gasteiger partial charge in [0.25, 0.3) is 0 Å². The molecule has 0 fully saturated rings. The fraction of sp³-hybridized carbons (Fsp3) is 0.333. The van der Waals surface area contributed by atoms with Crippen molar-refractivity contribution >= 4 is 26.2 Å². The van der Waals surface area contributed by atoms with Crippen LogP contribution in [-0.4, -0.2) is 47.2 Å². The van der Waals surface area contributed by atoms with Gasteiger partial charge < -0.3 is 31.3 Å². The third-order valence-electron chi connectivity index (χ3n) is 5.79. The monoisotopic (exact) mass is 526 g/mol. The van der Waals surface area contributed by atoms with Crippen LogP contribution in [0.4, 0.5) is 0 Å². The van der Waals surface area contributed by atoms with E-state index in [9.17, 15) is 15.0 Å². The number of nitrogens with zero attached hydrogens (tertiary/aromatic N) is 1. The van der Waals surface area contributed by atoms with Crippen molar-refractivity contribution in [2.45, 2.75) is 20.3 Å². The van der Waals surface area contributed by atoms with E-state index in [0.29, 0.717) is 51.5 Å². The van der Waals surface area contributed by atoms with Crippen molar-refractivity contribution in [3.63, 3.8) is 0 Å². The van der Waals surface area contributed by atoms with Crippen LogP contribution in [0, 0.1) is 18.8 Å². The smallest absolute Gasteiger partial charge is 0.231 e. The molecule has 0 saturated carbocycles. The maximum atomic E-state index is 12.7. The topological polar surface area (TPSA) is 93.4 Å². The minimum Gasteiger partial charge on any atom is -0.809 e. The van der Waals surface area contributed by atoms with E-state index >= 15 is 0 Å². The van der Waals surface area contributed by atoms with Gasteiger partial charge in [-0.2, -0.15) is 11.6 Å². The number of ketones is 1. The van der Waals surface area contributed by atoms with Crippen LogP contribution in [0.5, 0.6) is 23.0 Å². The fourth-order valence-electron chi connectivity index (χ4n) is 4.42. The van der Waals surface area contributed by atoms with Gasteiger partial charge in [0.2, 0.25) is 6.79 Å². The van der Waals surface area contributed by atoms with Gasteiger partial charge in [-0.25, -0.2) is 0 Å². The van der Waals surface area contributed by atoms with Crippen LogP contribution in [0.1, 0.15) is 48.7 Å². The number of Topliss-reactive ketones (excluding diaryl/α,β-unsaturated/α-hetero) is 1. The van der Waals surface area contributed by atoms with E-state index in [2.05, 4.69) is 6.92 Å². The minimum atomic E-state index is -0.673. The Morgan fingerprint density at radius 2 is 1.82 bits per heavy atom. The first kappa shape index (κ1) is 28.9. The molecule has 0 N–H and O–H groups in total. The number of carbonyl (C=O) groups is 2. The molecule has 0 saturated heterocycles. The zero-order chi connectivity index (χ0) is 21.6. The molecule has 0 aromatic heterocycles. The third-order valence-corrected chi connectivity index (χ3v) is 5.79. The maximum absolute atomic E-state index is 12.7. The number of benzene rings is 2. The Kier molecular flexibility index (Phi) is 9.88. The predicted molar refractivity (Wildman–Crippen MR) is 124 cm³/mol. The van der Waals surface area contributed by atoms with E-state index in [1.165, 1.54) is 21.1 Å². The zero-order valence-corrected chi connectivity index (χ0v) is 20.9. The van der Waals surface area contributed by atoms with Crippen molar-refractivity contribution in [3.8, 4) is 23.0 Å². The molecule has 2 aromatic rings. The van der Waals surface area contributed by atoms with Crippen LogP contribution in [0.15, 0.2) is 24.3 Å². The fourth-order valence-corrected chi connectivity index (χ4v) is 4.42. The first-order valence-corrected chi connectivity index (χ1v) is 9.45. The maximum Gasteiger partial charge on any atom is 0.231 e. The Morgan fingerprint density at radius 3 is 2.36 bits per heavy atom. The second kappa shape index (κ2) is 11.3. The first-order chi connectivity index (χ1) is 14.4. The molecule has 2 aliphatic rings. The Hall–Kier alpha value is -2.18. The van der Waals surface area contributed by atoms with Crippen molar-refractivity contribution in [2.75, 3.05) is 21.0 Å².